The van der Waals surface area contributed by atoms with Crippen molar-refractivity contribution >= 4 is 0 Å². The topological polar surface area (TPSA) is 23.8 Å². The average Bonchev–Trinajstić information content (AvgIpc) is 2.10. The highest BCUT2D eigenvalue weighted by Crippen LogP contribution is 2.43. The van der Waals surface area contributed by atoms with Crippen LogP contribution in [0.4, 0.5) is 8.78 Å². The zero-order chi connectivity index (χ0) is 10.2. The quantitative estimate of drug-likeness (QED) is 0.672. The molecular formula is C11H9F2N. The summed E-state index contributed by atoms with van der Waals surface area (Å²) in [6.45, 7) is 0. The molecule has 1 nitrogen and oxygen atoms in total. The number of nitriles is 1. The van der Waals surface area contributed by atoms with Crippen LogP contribution in [0.2, 0.25) is 0 Å². The van der Waals surface area contributed by atoms with Gasteiger partial charge in [-0.1, -0.05) is 6.07 Å². The maximum Gasteiger partial charge on any atom is 0.159 e. The van der Waals surface area contributed by atoms with Gasteiger partial charge >= 0.3 is 0 Å². The Labute approximate surface area is 81.0 Å². The molecule has 1 aromatic carbocycles. The minimum Gasteiger partial charge on any atom is -0.204 e. The first kappa shape index (κ1) is 9.14. The van der Waals surface area contributed by atoms with Gasteiger partial charge in [-0.3, -0.25) is 0 Å². The largest absolute Gasteiger partial charge is 0.204 e. The summed E-state index contributed by atoms with van der Waals surface area (Å²) in [5.74, 6) is -1.73. The van der Waals surface area contributed by atoms with Gasteiger partial charge in [-0.25, -0.2) is 8.78 Å². The normalized spacial score (nSPS) is 18.4. The number of hydrogen-bond acceptors (Lipinski definition) is 1. The van der Waals surface area contributed by atoms with Crippen molar-refractivity contribution in [3.63, 3.8) is 0 Å². The van der Waals surface area contributed by atoms with Crippen LogP contribution in [0.5, 0.6) is 0 Å². The van der Waals surface area contributed by atoms with Crippen LogP contribution in [0.1, 0.15) is 24.8 Å². The van der Waals surface area contributed by atoms with Crippen LogP contribution in [0.3, 0.4) is 0 Å². The first-order chi connectivity index (χ1) is 6.68. The van der Waals surface area contributed by atoms with Crippen LogP contribution in [0.15, 0.2) is 18.2 Å². The van der Waals surface area contributed by atoms with Gasteiger partial charge in [0.25, 0.3) is 0 Å². The average molecular weight is 193 g/mol. The van der Waals surface area contributed by atoms with E-state index in [1.54, 1.807) is 0 Å². The van der Waals surface area contributed by atoms with Gasteiger partial charge in [0.2, 0.25) is 0 Å². The second kappa shape index (κ2) is 3.06. The number of nitrogens with zero attached hydrogens (tertiary/aromatic N) is 1. The molecule has 0 atom stereocenters. The van der Waals surface area contributed by atoms with Gasteiger partial charge < -0.3 is 0 Å². The molecule has 0 unspecified atom stereocenters. The van der Waals surface area contributed by atoms with E-state index < -0.39 is 17.0 Å². The van der Waals surface area contributed by atoms with Crippen molar-refractivity contribution in [1.82, 2.24) is 0 Å². The van der Waals surface area contributed by atoms with Gasteiger partial charge in [0.1, 0.15) is 0 Å². The highest BCUT2D eigenvalue weighted by molar-refractivity contribution is 5.35. The van der Waals surface area contributed by atoms with Crippen LogP contribution in [0, 0.1) is 23.0 Å². The molecule has 14 heavy (non-hydrogen) atoms. The number of rotatable bonds is 1. The fourth-order valence-electron chi connectivity index (χ4n) is 1.79. The Morgan fingerprint density at radius 1 is 1.21 bits per heavy atom. The lowest BCUT2D eigenvalue weighted by Gasteiger charge is -2.35. The molecule has 0 aromatic heterocycles. The smallest absolute Gasteiger partial charge is 0.159 e. The molecule has 0 amide bonds. The molecule has 1 aliphatic rings. The summed E-state index contributed by atoms with van der Waals surface area (Å²) in [5.41, 5.74) is 0.0410. The maximum atomic E-state index is 12.9. The summed E-state index contributed by atoms with van der Waals surface area (Å²) in [7, 11) is 0. The van der Waals surface area contributed by atoms with Crippen LogP contribution in [-0.2, 0) is 5.41 Å². The van der Waals surface area contributed by atoms with E-state index in [0.29, 0.717) is 5.56 Å². The third kappa shape index (κ3) is 1.19. The molecule has 0 N–H and O–H groups in total. The molecule has 0 aliphatic heterocycles. The number of hydrogen-bond donors (Lipinski definition) is 0. The standard InChI is InChI=1S/C11H9F2N/c12-9-3-2-8(6-10(9)13)11(7-14)4-1-5-11/h2-3,6H,1,4-5H2. The second-order valence-electron chi connectivity index (χ2n) is 3.68. The van der Waals surface area contributed by atoms with Gasteiger partial charge in [0.05, 0.1) is 11.5 Å². The number of halogens is 2. The van der Waals surface area contributed by atoms with Crippen LogP contribution in [-0.4, -0.2) is 0 Å². The summed E-state index contributed by atoms with van der Waals surface area (Å²) in [6, 6.07) is 5.91. The van der Waals surface area contributed by atoms with Crippen molar-refractivity contribution in [1.29, 1.82) is 5.26 Å². The first-order valence-corrected chi connectivity index (χ1v) is 4.55. The van der Waals surface area contributed by atoms with Crippen molar-refractivity contribution < 1.29 is 8.78 Å². The molecule has 0 saturated heterocycles. The zero-order valence-electron chi connectivity index (χ0n) is 7.56. The van der Waals surface area contributed by atoms with E-state index >= 15 is 0 Å². The van der Waals surface area contributed by atoms with Crippen molar-refractivity contribution in [2.24, 2.45) is 0 Å². The maximum absolute atomic E-state index is 12.9. The van der Waals surface area contributed by atoms with Crippen molar-refractivity contribution in [3.05, 3.63) is 35.4 Å². The second-order valence-corrected chi connectivity index (χ2v) is 3.68. The molecule has 0 radical (unpaired) electrons. The van der Waals surface area contributed by atoms with E-state index in [2.05, 4.69) is 6.07 Å². The third-order valence-electron chi connectivity index (χ3n) is 2.89. The van der Waals surface area contributed by atoms with Gasteiger partial charge in [-0.15, -0.1) is 0 Å². The predicted molar refractivity (Wildman–Crippen MR) is 47.5 cm³/mol. The Morgan fingerprint density at radius 2 is 1.93 bits per heavy atom. The highest BCUT2D eigenvalue weighted by Gasteiger charge is 2.39. The van der Waals surface area contributed by atoms with Crippen LogP contribution >= 0.6 is 0 Å². The molecule has 0 bridgehead atoms. The molecule has 0 spiro atoms. The SMILES string of the molecule is N#CC1(c2ccc(F)c(F)c2)CCC1. The third-order valence-corrected chi connectivity index (χ3v) is 2.89. The molecule has 72 valence electrons. The Morgan fingerprint density at radius 3 is 2.36 bits per heavy atom. The summed E-state index contributed by atoms with van der Waals surface area (Å²) in [4.78, 5) is 0. The van der Waals surface area contributed by atoms with E-state index in [0.717, 1.165) is 31.4 Å². The Balaban J connectivity index is 2.42. The Hall–Kier alpha value is -1.43. The summed E-state index contributed by atoms with van der Waals surface area (Å²) < 4.78 is 25.6. The molecule has 2 rings (SSSR count). The van der Waals surface area contributed by atoms with Gasteiger partial charge in [0.15, 0.2) is 11.6 Å². The first-order valence-electron chi connectivity index (χ1n) is 4.55. The summed E-state index contributed by atoms with van der Waals surface area (Å²) in [6.07, 6.45) is 2.47. The van der Waals surface area contributed by atoms with E-state index in [1.807, 2.05) is 0 Å². The molecule has 1 aromatic rings. The lowest BCUT2D eigenvalue weighted by Crippen LogP contribution is -2.32. The van der Waals surface area contributed by atoms with E-state index in [1.165, 1.54) is 6.07 Å². The molecule has 1 saturated carbocycles. The van der Waals surface area contributed by atoms with Crippen LogP contribution in [0.25, 0.3) is 0 Å². The minimum atomic E-state index is -0.871. The van der Waals surface area contributed by atoms with Crippen molar-refractivity contribution in [2.45, 2.75) is 24.7 Å². The molecular weight excluding hydrogens is 184 g/mol. The summed E-state index contributed by atoms with van der Waals surface area (Å²) >= 11 is 0. The Bertz CT molecular complexity index is 402. The van der Waals surface area contributed by atoms with Gasteiger partial charge in [-0.2, -0.15) is 5.26 Å². The molecule has 1 fully saturated rings. The van der Waals surface area contributed by atoms with E-state index in [4.69, 9.17) is 5.26 Å². The fraction of sp³-hybridized carbons (Fsp3) is 0.364. The molecule has 0 heterocycles. The Kier molecular flexibility index (Phi) is 1.99. The van der Waals surface area contributed by atoms with E-state index in [-0.39, 0.29) is 0 Å². The molecule has 1 aliphatic carbocycles. The number of benzene rings is 1. The van der Waals surface area contributed by atoms with Gasteiger partial charge in [0, 0.05) is 0 Å². The predicted octanol–water partition coefficient (Wildman–Crippen LogP) is 2.91. The van der Waals surface area contributed by atoms with Gasteiger partial charge in [-0.05, 0) is 37.0 Å². The van der Waals surface area contributed by atoms with E-state index in [9.17, 15) is 8.78 Å². The lowest BCUT2D eigenvalue weighted by atomic mass is 9.65. The summed E-state index contributed by atoms with van der Waals surface area (Å²) in [5, 5.41) is 8.98. The van der Waals surface area contributed by atoms with Crippen LogP contribution < -0.4 is 0 Å². The monoisotopic (exact) mass is 193 g/mol. The lowest BCUT2D eigenvalue weighted by molar-refractivity contribution is 0.322. The van der Waals surface area contributed by atoms with Crippen molar-refractivity contribution in [3.8, 4) is 6.07 Å². The zero-order valence-corrected chi connectivity index (χ0v) is 7.56. The fourth-order valence-corrected chi connectivity index (χ4v) is 1.79. The minimum absolute atomic E-state index is 0.561. The molecule has 3 heteroatoms. The highest BCUT2D eigenvalue weighted by atomic mass is 19.2. The van der Waals surface area contributed by atoms with Crippen molar-refractivity contribution in [2.75, 3.05) is 0 Å².